The van der Waals surface area contributed by atoms with Gasteiger partial charge in [0.25, 0.3) is 0 Å². The molecule has 9 aromatic rings. The average molecular weight is 695 g/mol. The van der Waals surface area contributed by atoms with Crippen LogP contribution in [0.15, 0.2) is 173 Å². The van der Waals surface area contributed by atoms with Crippen LogP contribution in [0, 0.1) is 5.41 Å². The van der Waals surface area contributed by atoms with E-state index in [1.807, 2.05) is 109 Å². The molecule has 54 heavy (non-hydrogen) atoms. The van der Waals surface area contributed by atoms with E-state index in [0.717, 1.165) is 77.3 Å². The average Bonchev–Trinajstić information content (AvgIpc) is 3.62. The summed E-state index contributed by atoms with van der Waals surface area (Å²) in [5, 5.41) is 17.9. The van der Waals surface area contributed by atoms with Crippen molar-refractivity contribution in [3.05, 3.63) is 175 Å². The highest BCUT2D eigenvalue weighted by Crippen LogP contribution is 2.35. The number of rotatable bonds is 6. The number of para-hydroxylation sites is 2. The fourth-order valence-electron chi connectivity index (χ4n) is 7.10. The molecule has 0 atom stereocenters. The van der Waals surface area contributed by atoms with E-state index >= 15 is 0 Å². The van der Waals surface area contributed by atoms with Gasteiger partial charge >= 0.3 is 0 Å². The van der Waals surface area contributed by atoms with Gasteiger partial charge in [0.2, 0.25) is 0 Å². The predicted molar refractivity (Wildman–Crippen MR) is 220 cm³/mol. The van der Waals surface area contributed by atoms with Gasteiger partial charge in [0, 0.05) is 33.0 Å². The van der Waals surface area contributed by atoms with Crippen molar-refractivity contribution in [1.82, 2.24) is 15.0 Å². The van der Waals surface area contributed by atoms with Crippen molar-refractivity contribution in [2.45, 2.75) is 0 Å². The first-order valence-electron chi connectivity index (χ1n) is 17.7. The SMILES string of the molecule is N=C1/C(=N\Nc2ccccc2)C=Cc2ccc3ccc(-c4nc(-c5cccc(-c6ccccc6)c5)nc(-c5ccc6c(c5)oc5ccccc56)n4)cc3c21. The van der Waals surface area contributed by atoms with Crippen LogP contribution < -0.4 is 5.43 Å². The Labute approximate surface area is 310 Å². The van der Waals surface area contributed by atoms with Crippen LogP contribution in [0.4, 0.5) is 5.69 Å². The number of benzene rings is 7. The molecule has 0 saturated carbocycles. The number of allylic oxidation sites excluding steroid dienone is 1. The van der Waals surface area contributed by atoms with Crippen molar-refractivity contribution in [2.75, 3.05) is 5.43 Å². The summed E-state index contributed by atoms with van der Waals surface area (Å²) in [6.07, 6.45) is 3.89. The third-order valence-corrected chi connectivity index (χ3v) is 9.82. The van der Waals surface area contributed by atoms with E-state index in [-0.39, 0.29) is 0 Å². The van der Waals surface area contributed by atoms with E-state index < -0.39 is 0 Å². The molecule has 2 aromatic heterocycles. The molecule has 1 aliphatic rings. The van der Waals surface area contributed by atoms with Gasteiger partial charge in [0.1, 0.15) is 16.9 Å². The van der Waals surface area contributed by atoms with E-state index in [1.165, 1.54) is 0 Å². The molecule has 1 aliphatic carbocycles. The highest BCUT2D eigenvalue weighted by Gasteiger charge is 2.21. The zero-order valence-corrected chi connectivity index (χ0v) is 28.9. The monoisotopic (exact) mass is 694 g/mol. The third-order valence-electron chi connectivity index (χ3n) is 9.82. The summed E-state index contributed by atoms with van der Waals surface area (Å²) in [6, 6.07) is 52.8. The summed E-state index contributed by atoms with van der Waals surface area (Å²) < 4.78 is 6.26. The molecule has 10 rings (SSSR count). The topological polar surface area (TPSA) is 100 Å². The normalized spacial score (nSPS) is 13.2. The second kappa shape index (κ2) is 12.9. The first-order chi connectivity index (χ1) is 26.6. The third kappa shape index (κ3) is 5.61. The van der Waals surface area contributed by atoms with Gasteiger partial charge in [0.05, 0.1) is 11.4 Å². The van der Waals surface area contributed by atoms with Gasteiger partial charge in [-0.05, 0) is 76.0 Å². The Bertz CT molecular complexity index is 2980. The Hall–Kier alpha value is -7.51. The number of furan rings is 1. The van der Waals surface area contributed by atoms with Gasteiger partial charge in [-0.2, -0.15) is 5.10 Å². The lowest BCUT2D eigenvalue weighted by molar-refractivity contribution is 0.669. The second-order valence-corrected chi connectivity index (χ2v) is 13.2. The molecule has 0 spiro atoms. The number of anilines is 1. The number of nitrogens with one attached hydrogen (secondary N) is 2. The Kier molecular flexibility index (Phi) is 7.47. The van der Waals surface area contributed by atoms with Crippen molar-refractivity contribution in [3.8, 4) is 45.3 Å². The van der Waals surface area contributed by atoms with Crippen molar-refractivity contribution in [1.29, 1.82) is 5.41 Å². The maximum absolute atomic E-state index is 9.27. The molecule has 0 saturated heterocycles. The number of hydrogen-bond acceptors (Lipinski definition) is 7. The molecular formula is C47H30N6O. The van der Waals surface area contributed by atoms with Crippen molar-refractivity contribution in [2.24, 2.45) is 5.10 Å². The molecule has 0 radical (unpaired) electrons. The summed E-state index contributed by atoms with van der Waals surface area (Å²) in [4.78, 5) is 15.3. The summed E-state index contributed by atoms with van der Waals surface area (Å²) in [6.45, 7) is 0. The second-order valence-electron chi connectivity index (χ2n) is 13.2. The molecule has 7 heteroatoms. The lowest BCUT2D eigenvalue weighted by Crippen LogP contribution is -2.18. The standard InChI is InChI=1S/C47H30N6O/c48-44-40(53-52-36-14-5-2-6-15-36)25-23-31-20-18-30-19-21-34(27-39(30)43(31)44)46-49-45(33-13-9-12-32(26-33)29-10-3-1-4-11-29)50-47(51-46)35-22-24-38-37-16-7-8-17-41(37)54-42(38)28-35/h1-28,48,52H/b48-44?,53-40-. The summed E-state index contributed by atoms with van der Waals surface area (Å²) in [5.74, 6) is 1.63. The molecule has 0 amide bonds. The Balaban J connectivity index is 1.12. The van der Waals surface area contributed by atoms with Gasteiger partial charge in [-0.1, -0.05) is 121 Å². The molecule has 0 aliphatic heterocycles. The predicted octanol–water partition coefficient (Wildman–Crippen LogP) is 11.5. The molecule has 0 fully saturated rings. The highest BCUT2D eigenvalue weighted by atomic mass is 16.3. The fourth-order valence-corrected chi connectivity index (χ4v) is 7.10. The quantitative estimate of drug-likeness (QED) is 0.169. The number of hydrogen-bond donors (Lipinski definition) is 2. The zero-order valence-electron chi connectivity index (χ0n) is 28.9. The largest absolute Gasteiger partial charge is 0.456 e. The minimum absolute atomic E-state index is 0.340. The number of nitrogens with zero attached hydrogens (tertiary/aromatic N) is 4. The maximum atomic E-state index is 9.27. The first-order valence-corrected chi connectivity index (χ1v) is 17.7. The summed E-state index contributed by atoms with van der Waals surface area (Å²) in [5.41, 5.74) is 12.9. The van der Waals surface area contributed by atoms with Crippen molar-refractivity contribution >= 4 is 55.9 Å². The minimum atomic E-state index is 0.340. The van der Waals surface area contributed by atoms with E-state index in [0.29, 0.717) is 28.9 Å². The van der Waals surface area contributed by atoms with Crippen LogP contribution in [0.1, 0.15) is 11.1 Å². The molecule has 254 valence electrons. The molecular weight excluding hydrogens is 665 g/mol. The fraction of sp³-hybridized carbons (Fsp3) is 0. The highest BCUT2D eigenvalue weighted by molar-refractivity contribution is 6.55. The van der Waals surface area contributed by atoms with Gasteiger partial charge in [0.15, 0.2) is 17.5 Å². The van der Waals surface area contributed by atoms with Crippen LogP contribution >= 0.6 is 0 Å². The van der Waals surface area contributed by atoms with Crippen LogP contribution in [0.3, 0.4) is 0 Å². The molecule has 7 nitrogen and oxygen atoms in total. The molecule has 7 aromatic carbocycles. The van der Waals surface area contributed by atoms with E-state index in [2.05, 4.69) is 71.2 Å². The van der Waals surface area contributed by atoms with E-state index in [4.69, 9.17) is 19.4 Å². The van der Waals surface area contributed by atoms with Crippen molar-refractivity contribution in [3.63, 3.8) is 0 Å². The number of fused-ring (bicyclic) bond motifs is 6. The number of aromatic nitrogens is 3. The minimum Gasteiger partial charge on any atom is -0.456 e. The lowest BCUT2D eigenvalue weighted by Gasteiger charge is -2.17. The van der Waals surface area contributed by atoms with Gasteiger partial charge < -0.3 is 4.42 Å². The van der Waals surface area contributed by atoms with Gasteiger partial charge in [-0.25, -0.2) is 15.0 Å². The van der Waals surface area contributed by atoms with Gasteiger partial charge in [-0.15, -0.1) is 0 Å². The molecule has 0 unspecified atom stereocenters. The lowest BCUT2D eigenvalue weighted by atomic mass is 9.88. The first kappa shape index (κ1) is 31.2. The Morgan fingerprint density at radius 1 is 0.481 bits per heavy atom. The van der Waals surface area contributed by atoms with Crippen LogP contribution in [0.25, 0.3) is 84.1 Å². The molecule has 0 bridgehead atoms. The van der Waals surface area contributed by atoms with Gasteiger partial charge in [-0.3, -0.25) is 10.8 Å². The van der Waals surface area contributed by atoms with E-state index in [9.17, 15) is 5.41 Å². The smallest absolute Gasteiger partial charge is 0.164 e. The van der Waals surface area contributed by atoms with Crippen LogP contribution in [0.2, 0.25) is 0 Å². The Morgan fingerprint density at radius 3 is 1.93 bits per heavy atom. The van der Waals surface area contributed by atoms with Crippen LogP contribution in [0.5, 0.6) is 0 Å². The van der Waals surface area contributed by atoms with Crippen LogP contribution in [-0.2, 0) is 0 Å². The maximum Gasteiger partial charge on any atom is 0.164 e. The van der Waals surface area contributed by atoms with Crippen LogP contribution in [-0.4, -0.2) is 26.4 Å². The summed E-state index contributed by atoms with van der Waals surface area (Å²) >= 11 is 0. The van der Waals surface area contributed by atoms with Crippen molar-refractivity contribution < 1.29 is 4.42 Å². The van der Waals surface area contributed by atoms with E-state index in [1.54, 1.807) is 0 Å². The molecule has 2 heterocycles. The zero-order chi connectivity index (χ0) is 36.0. The molecule has 2 N–H and O–H groups in total. The Morgan fingerprint density at radius 2 is 1.11 bits per heavy atom. The summed E-state index contributed by atoms with van der Waals surface area (Å²) in [7, 11) is 0. The number of hydrazone groups is 1.